The van der Waals surface area contributed by atoms with Gasteiger partial charge in [-0.1, -0.05) is 48.5 Å². The molecule has 2 heterocycles. The lowest BCUT2D eigenvalue weighted by Gasteiger charge is -2.36. The minimum Gasteiger partial charge on any atom is -0.369 e. The first-order chi connectivity index (χ1) is 17.5. The predicted octanol–water partition coefficient (Wildman–Crippen LogP) is 5.23. The van der Waals surface area contributed by atoms with Crippen molar-refractivity contribution in [2.45, 2.75) is 42.1 Å². The molecule has 36 heavy (non-hydrogen) atoms. The van der Waals surface area contributed by atoms with Crippen LogP contribution in [0.1, 0.15) is 36.5 Å². The van der Waals surface area contributed by atoms with E-state index >= 15 is 0 Å². The van der Waals surface area contributed by atoms with Crippen LogP contribution in [0.3, 0.4) is 0 Å². The number of benzene rings is 3. The van der Waals surface area contributed by atoms with Crippen LogP contribution in [0.2, 0.25) is 0 Å². The summed E-state index contributed by atoms with van der Waals surface area (Å²) in [4.78, 5) is 5.09. The maximum Gasteiger partial charge on any atom is 0.181 e. The van der Waals surface area contributed by atoms with Gasteiger partial charge < -0.3 is 9.64 Å². The first-order valence-electron chi connectivity index (χ1n) is 12.7. The average molecular weight is 509 g/mol. The van der Waals surface area contributed by atoms with Crippen LogP contribution in [0.5, 0.6) is 0 Å². The Kier molecular flexibility index (Phi) is 7.70. The van der Waals surface area contributed by atoms with E-state index in [1.165, 1.54) is 12.1 Å². The predicted molar refractivity (Wildman–Crippen MR) is 140 cm³/mol. The summed E-state index contributed by atoms with van der Waals surface area (Å²) in [5.41, 5.74) is 2.91. The van der Waals surface area contributed by atoms with Crippen LogP contribution in [-0.4, -0.2) is 51.3 Å². The van der Waals surface area contributed by atoms with E-state index in [1.54, 1.807) is 12.1 Å². The van der Waals surface area contributed by atoms with E-state index in [2.05, 4.69) is 9.80 Å². The van der Waals surface area contributed by atoms with Crippen molar-refractivity contribution in [3.63, 3.8) is 0 Å². The largest absolute Gasteiger partial charge is 0.369 e. The second-order valence-corrected chi connectivity index (χ2v) is 11.9. The van der Waals surface area contributed by atoms with E-state index in [4.69, 9.17) is 4.74 Å². The molecule has 0 bridgehead atoms. The normalized spacial score (nSPS) is 21.8. The highest BCUT2D eigenvalue weighted by atomic mass is 32.2. The van der Waals surface area contributed by atoms with Gasteiger partial charge >= 0.3 is 0 Å². The molecule has 0 N–H and O–H groups in total. The first-order valence-corrected chi connectivity index (χ1v) is 14.3. The van der Waals surface area contributed by atoms with E-state index < -0.39 is 15.1 Å². The fourth-order valence-corrected chi connectivity index (χ4v) is 7.36. The molecule has 0 aliphatic carbocycles. The highest BCUT2D eigenvalue weighted by Crippen LogP contribution is 2.40. The van der Waals surface area contributed by atoms with Crippen molar-refractivity contribution in [1.82, 2.24) is 4.90 Å². The SMILES string of the molecule is O=S1(=O)c2ccccc2C(OCc2ccccc2)CC1CCCN1CCN(c2ccc(F)cc2)CC1. The smallest absolute Gasteiger partial charge is 0.181 e. The summed E-state index contributed by atoms with van der Waals surface area (Å²) >= 11 is 0. The highest BCUT2D eigenvalue weighted by Gasteiger charge is 2.38. The number of anilines is 1. The number of ether oxygens (including phenoxy) is 1. The molecule has 2 atom stereocenters. The van der Waals surface area contributed by atoms with Gasteiger partial charge in [-0.2, -0.15) is 0 Å². The van der Waals surface area contributed by atoms with Gasteiger partial charge in [0.25, 0.3) is 0 Å². The summed E-state index contributed by atoms with van der Waals surface area (Å²) in [6.07, 6.45) is 1.72. The Morgan fingerprint density at radius 2 is 1.56 bits per heavy atom. The quantitative estimate of drug-likeness (QED) is 0.417. The van der Waals surface area contributed by atoms with Gasteiger partial charge in [0.2, 0.25) is 0 Å². The Morgan fingerprint density at radius 3 is 2.31 bits per heavy atom. The van der Waals surface area contributed by atoms with Crippen LogP contribution >= 0.6 is 0 Å². The molecule has 2 aliphatic heterocycles. The van der Waals surface area contributed by atoms with Gasteiger partial charge in [-0.25, -0.2) is 12.8 Å². The van der Waals surface area contributed by atoms with E-state index in [0.29, 0.717) is 24.3 Å². The van der Waals surface area contributed by atoms with Crippen molar-refractivity contribution >= 4 is 15.5 Å². The Bertz CT molecular complexity index is 1240. The second-order valence-electron chi connectivity index (χ2n) is 9.67. The Hall–Kier alpha value is -2.74. The fourth-order valence-electron chi connectivity index (χ4n) is 5.30. The number of hydrogen-bond acceptors (Lipinski definition) is 5. The van der Waals surface area contributed by atoms with Gasteiger partial charge in [-0.3, -0.25) is 4.90 Å². The van der Waals surface area contributed by atoms with Gasteiger partial charge in [0.05, 0.1) is 22.9 Å². The highest BCUT2D eigenvalue weighted by molar-refractivity contribution is 7.92. The zero-order chi connectivity index (χ0) is 25.0. The van der Waals surface area contributed by atoms with Gasteiger partial charge in [-0.15, -0.1) is 0 Å². The van der Waals surface area contributed by atoms with Crippen LogP contribution in [0.4, 0.5) is 10.1 Å². The molecule has 5 nitrogen and oxygen atoms in total. The van der Waals surface area contributed by atoms with E-state index in [-0.39, 0.29) is 11.9 Å². The number of sulfone groups is 1. The molecule has 0 radical (unpaired) electrons. The fraction of sp³-hybridized carbons (Fsp3) is 0.379. The lowest BCUT2D eigenvalue weighted by atomic mass is 10.0. The molecule has 3 aromatic carbocycles. The van der Waals surface area contributed by atoms with Crippen molar-refractivity contribution in [3.8, 4) is 0 Å². The van der Waals surface area contributed by atoms with E-state index in [0.717, 1.165) is 56.0 Å². The number of hydrogen-bond donors (Lipinski definition) is 0. The molecule has 1 fully saturated rings. The third kappa shape index (κ3) is 5.64. The average Bonchev–Trinajstić information content (AvgIpc) is 2.91. The van der Waals surface area contributed by atoms with Gasteiger partial charge in [0.15, 0.2) is 9.84 Å². The monoisotopic (exact) mass is 508 g/mol. The Morgan fingerprint density at radius 1 is 0.861 bits per heavy atom. The lowest BCUT2D eigenvalue weighted by molar-refractivity contribution is 0.0288. The van der Waals surface area contributed by atoms with Gasteiger partial charge in [-0.05, 0) is 67.3 Å². The Balaban J connectivity index is 1.17. The molecule has 7 heteroatoms. The van der Waals surface area contributed by atoms with Crippen LogP contribution < -0.4 is 4.90 Å². The molecule has 3 aromatic rings. The molecule has 0 saturated carbocycles. The topological polar surface area (TPSA) is 49.9 Å². The van der Waals surface area contributed by atoms with Crippen molar-refractivity contribution in [2.24, 2.45) is 0 Å². The summed E-state index contributed by atoms with van der Waals surface area (Å²) in [6, 6.07) is 24.0. The van der Waals surface area contributed by atoms with Crippen molar-refractivity contribution in [3.05, 3.63) is 95.8 Å². The number of nitrogens with zero attached hydrogens (tertiary/aromatic N) is 2. The summed E-state index contributed by atoms with van der Waals surface area (Å²) in [7, 11) is -3.39. The second kappa shape index (κ2) is 11.1. The molecule has 1 saturated heterocycles. The molecule has 2 aliphatic rings. The molecule has 0 amide bonds. The molecular weight excluding hydrogens is 475 g/mol. The summed E-state index contributed by atoms with van der Waals surface area (Å²) in [6.45, 7) is 4.94. The maximum atomic E-state index is 13.4. The summed E-state index contributed by atoms with van der Waals surface area (Å²) < 4.78 is 46.3. The molecule has 2 unspecified atom stereocenters. The third-order valence-electron chi connectivity index (χ3n) is 7.35. The van der Waals surface area contributed by atoms with E-state index in [1.807, 2.05) is 54.6 Å². The minimum atomic E-state index is -3.39. The van der Waals surface area contributed by atoms with Gasteiger partial charge in [0, 0.05) is 31.9 Å². The van der Waals surface area contributed by atoms with Crippen molar-refractivity contribution in [2.75, 3.05) is 37.6 Å². The lowest BCUT2D eigenvalue weighted by Crippen LogP contribution is -2.46. The number of piperazine rings is 1. The van der Waals surface area contributed by atoms with Gasteiger partial charge in [0.1, 0.15) is 5.82 Å². The molecule has 190 valence electrons. The minimum absolute atomic E-state index is 0.217. The van der Waals surface area contributed by atoms with Crippen LogP contribution in [0.15, 0.2) is 83.8 Å². The maximum absolute atomic E-state index is 13.4. The standard InChI is InChI=1S/C29H33FN2O3S/c30-24-12-14-25(15-13-24)32-19-17-31(18-20-32)16-6-9-26-21-28(35-22-23-7-2-1-3-8-23)27-10-4-5-11-29(27)36(26,33)34/h1-5,7-8,10-15,26,28H,6,9,16-22H2. The number of halogens is 1. The third-order valence-corrected chi connectivity index (χ3v) is 9.64. The van der Waals surface area contributed by atoms with E-state index in [9.17, 15) is 12.8 Å². The summed E-state index contributed by atoms with van der Waals surface area (Å²) in [5, 5.41) is -0.436. The molecule has 0 aromatic heterocycles. The van der Waals surface area contributed by atoms with Crippen LogP contribution in [0.25, 0.3) is 0 Å². The zero-order valence-electron chi connectivity index (χ0n) is 20.4. The zero-order valence-corrected chi connectivity index (χ0v) is 21.2. The van der Waals surface area contributed by atoms with Crippen molar-refractivity contribution < 1.29 is 17.5 Å². The first kappa shape index (κ1) is 24.9. The molecular formula is C29H33FN2O3S. The molecule has 5 rings (SSSR count). The Labute approximate surface area is 213 Å². The molecule has 0 spiro atoms. The number of fused-ring (bicyclic) bond motifs is 1. The van der Waals surface area contributed by atoms with Crippen LogP contribution in [0, 0.1) is 5.82 Å². The van der Waals surface area contributed by atoms with Crippen molar-refractivity contribution in [1.29, 1.82) is 0 Å². The number of rotatable bonds is 8. The van der Waals surface area contributed by atoms with Crippen LogP contribution in [-0.2, 0) is 21.2 Å². The summed E-state index contributed by atoms with van der Waals surface area (Å²) in [5.74, 6) is -0.217.